The standard InChI is InChI=1S/C14H29NO/c1-7-11-15-13(12(5)6)14(8-2,9-3)16-10-4/h13,15H,5,7-11H2,1-4,6H3. The van der Waals surface area contributed by atoms with Crippen LogP contribution in [0.3, 0.4) is 0 Å². The second-order valence-corrected chi connectivity index (χ2v) is 4.44. The summed E-state index contributed by atoms with van der Waals surface area (Å²) in [4.78, 5) is 0. The van der Waals surface area contributed by atoms with Crippen molar-refractivity contribution in [2.45, 2.75) is 65.5 Å². The molecule has 16 heavy (non-hydrogen) atoms. The summed E-state index contributed by atoms with van der Waals surface area (Å²) in [6, 6.07) is 0.266. The van der Waals surface area contributed by atoms with Crippen LogP contribution in [0.5, 0.6) is 0 Å². The molecule has 0 rings (SSSR count). The van der Waals surface area contributed by atoms with E-state index in [1.165, 1.54) is 5.57 Å². The molecular formula is C14H29NO. The van der Waals surface area contributed by atoms with Crippen LogP contribution >= 0.6 is 0 Å². The predicted octanol–water partition coefficient (Wildman–Crippen LogP) is 3.53. The van der Waals surface area contributed by atoms with E-state index >= 15 is 0 Å². The lowest BCUT2D eigenvalue weighted by atomic mass is 9.84. The quantitative estimate of drug-likeness (QED) is 0.608. The van der Waals surface area contributed by atoms with Crippen LogP contribution < -0.4 is 5.32 Å². The molecule has 0 saturated heterocycles. The van der Waals surface area contributed by atoms with Crippen molar-refractivity contribution in [2.24, 2.45) is 0 Å². The Morgan fingerprint density at radius 2 is 1.81 bits per heavy atom. The summed E-state index contributed by atoms with van der Waals surface area (Å²) in [5.74, 6) is 0. The highest BCUT2D eigenvalue weighted by Gasteiger charge is 2.36. The van der Waals surface area contributed by atoms with Crippen molar-refractivity contribution in [3.63, 3.8) is 0 Å². The van der Waals surface area contributed by atoms with E-state index in [9.17, 15) is 0 Å². The first-order valence-corrected chi connectivity index (χ1v) is 6.60. The molecule has 0 saturated carbocycles. The van der Waals surface area contributed by atoms with Crippen molar-refractivity contribution in [3.05, 3.63) is 12.2 Å². The maximum Gasteiger partial charge on any atom is 0.0867 e. The molecule has 96 valence electrons. The molecule has 0 amide bonds. The third-order valence-electron chi connectivity index (χ3n) is 3.25. The van der Waals surface area contributed by atoms with Gasteiger partial charge in [0.25, 0.3) is 0 Å². The van der Waals surface area contributed by atoms with E-state index < -0.39 is 0 Å². The predicted molar refractivity (Wildman–Crippen MR) is 71.8 cm³/mol. The SMILES string of the molecule is C=C(C)C(NCCC)C(CC)(CC)OCC. The maximum absolute atomic E-state index is 6.03. The molecule has 0 radical (unpaired) electrons. The van der Waals surface area contributed by atoms with Crippen molar-refractivity contribution < 1.29 is 4.74 Å². The van der Waals surface area contributed by atoms with Gasteiger partial charge in [-0.05, 0) is 39.7 Å². The molecule has 0 aromatic heterocycles. The first kappa shape index (κ1) is 15.7. The van der Waals surface area contributed by atoms with Crippen LogP contribution in [0.2, 0.25) is 0 Å². The average molecular weight is 227 g/mol. The number of ether oxygens (including phenoxy) is 1. The van der Waals surface area contributed by atoms with E-state index in [2.05, 4.69) is 46.5 Å². The van der Waals surface area contributed by atoms with Gasteiger partial charge in [-0.3, -0.25) is 0 Å². The van der Waals surface area contributed by atoms with E-state index in [1.54, 1.807) is 0 Å². The molecule has 0 heterocycles. The molecule has 0 aliphatic carbocycles. The Bertz CT molecular complexity index is 197. The highest BCUT2D eigenvalue weighted by atomic mass is 16.5. The minimum atomic E-state index is -0.0875. The number of nitrogens with one attached hydrogen (secondary N) is 1. The van der Waals surface area contributed by atoms with E-state index in [4.69, 9.17) is 4.74 Å². The summed E-state index contributed by atoms with van der Waals surface area (Å²) in [5.41, 5.74) is 1.08. The van der Waals surface area contributed by atoms with Crippen LogP contribution in [0.25, 0.3) is 0 Å². The molecule has 0 spiro atoms. The molecule has 0 aliphatic heterocycles. The lowest BCUT2D eigenvalue weighted by Gasteiger charge is -2.40. The zero-order valence-corrected chi connectivity index (χ0v) is 11.7. The average Bonchev–Trinajstić information content (AvgIpc) is 2.27. The molecule has 2 heteroatoms. The van der Waals surface area contributed by atoms with Gasteiger partial charge in [-0.25, -0.2) is 0 Å². The van der Waals surface area contributed by atoms with Gasteiger partial charge in [0, 0.05) is 6.61 Å². The Morgan fingerprint density at radius 1 is 1.25 bits per heavy atom. The van der Waals surface area contributed by atoms with Gasteiger partial charge in [-0.1, -0.05) is 32.9 Å². The van der Waals surface area contributed by atoms with Crippen molar-refractivity contribution in [2.75, 3.05) is 13.2 Å². The number of rotatable bonds is 9. The third kappa shape index (κ3) is 3.91. The minimum absolute atomic E-state index is 0.0875. The molecule has 0 fully saturated rings. The van der Waals surface area contributed by atoms with E-state index in [1.807, 2.05) is 0 Å². The zero-order valence-electron chi connectivity index (χ0n) is 11.7. The van der Waals surface area contributed by atoms with Gasteiger partial charge in [0.1, 0.15) is 0 Å². The summed E-state index contributed by atoms with van der Waals surface area (Å²) in [5, 5.41) is 3.57. The minimum Gasteiger partial charge on any atom is -0.373 e. The zero-order chi connectivity index (χ0) is 12.6. The van der Waals surface area contributed by atoms with E-state index in [0.717, 1.165) is 32.4 Å². The molecule has 1 N–H and O–H groups in total. The highest BCUT2D eigenvalue weighted by molar-refractivity contribution is 5.11. The molecule has 1 unspecified atom stereocenters. The fraction of sp³-hybridized carbons (Fsp3) is 0.857. The largest absolute Gasteiger partial charge is 0.373 e. The fourth-order valence-corrected chi connectivity index (χ4v) is 2.33. The Morgan fingerprint density at radius 3 is 2.12 bits per heavy atom. The van der Waals surface area contributed by atoms with Crippen LogP contribution in [0, 0.1) is 0 Å². The molecule has 2 nitrogen and oxygen atoms in total. The smallest absolute Gasteiger partial charge is 0.0867 e. The van der Waals surface area contributed by atoms with Crippen molar-refractivity contribution >= 4 is 0 Å². The number of hydrogen-bond acceptors (Lipinski definition) is 2. The lowest BCUT2D eigenvalue weighted by Crippen LogP contribution is -2.52. The fourth-order valence-electron chi connectivity index (χ4n) is 2.33. The summed E-state index contributed by atoms with van der Waals surface area (Å²) < 4.78 is 6.03. The summed E-state index contributed by atoms with van der Waals surface area (Å²) in [6.45, 7) is 16.6. The Kier molecular flexibility index (Phi) is 7.69. The number of hydrogen-bond donors (Lipinski definition) is 1. The second kappa shape index (κ2) is 7.86. The van der Waals surface area contributed by atoms with E-state index in [0.29, 0.717) is 0 Å². The van der Waals surface area contributed by atoms with Crippen LogP contribution in [-0.4, -0.2) is 24.8 Å². The molecular weight excluding hydrogens is 198 g/mol. The molecule has 0 aliphatic rings. The Labute approximate surface area is 101 Å². The Balaban J connectivity index is 4.84. The van der Waals surface area contributed by atoms with Crippen LogP contribution in [0.4, 0.5) is 0 Å². The maximum atomic E-state index is 6.03. The summed E-state index contributed by atoms with van der Waals surface area (Å²) in [6.07, 6.45) is 3.18. The molecule has 0 bridgehead atoms. The van der Waals surface area contributed by atoms with Gasteiger partial charge in [0.15, 0.2) is 0 Å². The van der Waals surface area contributed by atoms with Crippen molar-refractivity contribution in [3.8, 4) is 0 Å². The first-order valence-electron chi connectivity index (χ1n) is 6.60. The van der Waals surface area contributed by atoms with Gasteiger partial charge < -0.3 is 10.1 Å². The van der Waals surface area contributed by atoms with Gasteiger partial charge in [0.2, 0.25) is 0 Å². The van der Waals surface area contributed by atoms with Gasteiger partial charge in [-0.2, -0.15) is 0 Å². The molecule has 0 aromatic carbocycles. The topological polar surface area (TPSA) is 21.3 Å². The normalized spacial score (nSPS) is 13.8. The van der Waals surface area contributed by atoms with Crippen molar-refractivity contribution in [1.29, 1.82) is 0 Å². The van der Waals surface area contributed by atoms with Gasteiger partial charge in [-0.15, -0.1) is 0 Å². The van der Waals surface area contributed by atoms with Crippen LogP contribution in [-0.2, 0) is 4.74 Å². The van der Waals surface area contributed by atoms with E-state index in [-0.39, 0.29) is 11.6 Å². The summed E-state index contributed by atoms with van der Waals surface area (Å²) >= 11 is 0. The monoisotopic (exact) mass is 227 g/mol. The summed E-state index contributed by atoms with van der Waals surface area (Å²) in [7, 11) is 0. The third-order valence-corrected chi connectivity index (χ3v) is 3.25. The second-order valence-electron chi connectivity index (χ2n) is 4.44. The van der Waals surface area contributed by atoms with Gasteiger partial charge in [0.05, 0.1) is 11.6 Å². The van der Waals surface area contributed by atoms with Gasteiger partial charge >= 0.3 is 0 Å². The first-order chi connectivity index (χ1) is 7.57. The lowest BCUT2D eigenvalue weighted by molar-refractivity contribution is -0.0634. The Hall–Kier alpha value is -0.340. The van der Waals surface area contributed by atoms with Crippen LogP contribution in [0.15, 0.2) is 12.2 Å². The molecule has 1 atom stereocenters. The highest BCUT2D eigenvalue weighted by Crippen LogP contribution is 2.28. The van der Waals surface area contributed by atoms with Crippen LogP contribution in [0.1, 0.15) is 53.9 Å². The van der Waals surface area contributed by atoms with Crippen molar-refractivity contribution in [1.82, 2.24) is 5.32 Å². The molecule has 0 aromatic rings.